The number of Topliss-reactive ketones (excluding diaryl/α,β-unsaturated/α-hetero) is 1. The summed E-state index contributed by atoms with van der Waals surface area (Å²) < 4.78 is 5.55. The molecule has 0 N–H and O–H groups in total. The number of rotatable bonds is 3. The average Bonchev–Trinajstić information content (AvgIpc) is 2.96. The normalized spacial score (nSPS) is 26.1. The lowest BCUT2D eigenvalue weighted by Gasteiger charge is -2.05. The number of hydrogen-bond acceptors (Lipinski definition) is 2. The Hall–Kier alpha value is -1.31. The summed E-state index contributed by atoms with van der Waals surface area (Å²) in [5, 5.41) is 0. The maximum atomic E-state index is 11.6. The van der Waals surface area contributed by atoms with Crippen molar-refractivity contribution in [3.63, 3.8) is 0 Å². The Balaban J connectivity index is 1.87. The zero-order chi connectivity index (χ0) is 11.1. The summed E-state index contributed by atoms with van der Waals surface area (Å²) in [5.74, 6) is 2.22. The largest absolute Gasteiger partial charge is 0.493 e. The molecule has 0 aromatic heterocycles. The molecule has 2 atom stereocenters. The summed E-state index contributed by atoms with van der Waals surface area (Å²) in [5.41, 5.74) is 2.71. The van der Waals surface area contributed by atoms with Gasteiger partial charge in [0.25, 0.3) is 0 Å². The second-order valence-corrected chi connectivity index (χ2v) is 4.69. The summed E-state index contributed by atoms with van der Waals surface area (Å²) in [4.78, 5) is 11.6. The van der Waals surface area contributed by atoms with Crippen LogP contribution < -0.4 is 4.74 Å². The maximum Gasteiger partial charge on any atom is 0.136 e. The van der Waals surface area contributed by atoms with E-state index in [-0.39, 0.29) is 5.92 Å². The van der Waals surface area contributed by atoms with Crippen molar-refractivity contribution in [2.75, 3.05) is 6.61 Å². The van der Waals surface area contributed by atoms with Crippen molar-refractivity contribution < 1.29 is 9.53 Å². The Bertz CT molecular complexity index is 436. The van der Waals surface area contributed by atoms with Gasteiger partial charge in [0.2, 0.25) is 0 Å². The molecule has 0 spiro atoms. The first kappa shape index (κ1) is 9.88. The first-order valence-electron chi connectivity index (χ1n) is 6.08. The third-order valence-corrected chi connectivity index (χ3v) is 3.73. The van der Waals surface area contributed by atoms with E-state index in [4.69, 9.17) is 4.74 Å². The van der Waals surface area contributed by atoms with Crippen molar-refractivity contribution in [1.82, 2.24) is 0 Å². The fourth-order valence-electron chi connectivity index (χ4n) is 2.75. The molecule has 16 heavy (non-hydrogen) atoms. The van der Waals surface area contributed by atoms with Gasteiger partial charge in [0, 0.05) is 24.3 Å². The fourth-order valence-corrected chi connectivity index (χ4v) is 2.75. The van der Waals surface area contributed by atoms with E-state index in [1.165, 1.54) is 11.1 Å². The highest BCUT2D eigenvalue weighted by atomic mass is 16.5. The number of hydrogen-bond donors (Lipinski definition) is 0. The van der Waals surface area contributed by atoms with Crippen LogP contribution in [-0.2, 0) is 11.2 Å². The quantitative estimate of drug-likeness (QED) is 0.776. The van der Waals surface area contributed by atoms with Crippen molar-refractivity contribution in [1.29, 1.82) is 0 Å². The van der Waals surface area contributed by atoms with Gasteiger partial charge in [-0.2, -0.15) is 0 Å². The van der Waals surface area contributed by atoms with Gasteiger partial charge in [-0.15, -0.1) is 0 Å². The van der Waals surface area contributed by atoms with Gasteiger partial charge in [0.15, 0.2) is 0 Å². The van der Waals surface area contributed by atoms with Gasteiger partial charge in [-0.05, 0) is 24.0 Å². The number of fused-ring (bicyclic) bond motifs is 1. The summed E-state index contributed by atoms with van der Waals surface area (Å²) in [6.45, 7) is 2.75. The summed E-state index contributed by atoms with van der Waals surface area (Å²) in [6, 6.07) is 6.25. The number of benzene rings is 1. The Morgan fingerprint density at radius 1 is 1.50 bits per heavy atom. The minimum absolute atomic E-state index is 0.289. The average molecular weight is 216 g/mol. The predicted octanol–water partition coefficient (Wildman–Crippen LogP) is 2.70. The number of carbonyl (C=O) groups excluding carboxylic acids is 1. The van der Waals surface area contributed by atoms with Crippen LogP contribution >= 0.6 is 0 Å². The molecule has 1 aliphatic heterocycles. The van der Waals surface area contributed by atoms with E-state index in [0.717, 1.165) is 25.2 Å². The van der Waals surface area contributed by atoms with E-state index in [2.05, 4.69) is 6.07 Å². The predicted molar refractivity (Wildman–Crippen MR) is 61.8 cm³/mol. The van der Waals surface area contributed by atoms with Crippen molar-refractivity contribution in [2.45, 2.75) is 32.1 Å². The Morgan fingerprint density at radius 3 is 3.19 bits per heavy atom. The molecule has 0 radical (unpaired) electrons. The van der Waals surface area contributed by atoms with Gasteiger partial charge in [-0.3, -0.25) is 4.79 Å². The van der Waals surface area contributed by atoms with Crippen LogP contribution in [0.2, 0.25) is 0 Å². The van der Waals surface area contributed by atoms with Crippen molar-refractivity contribution in [3.8, 4) is 5.75 Å². The zero-order valence-electron chi connectivity index (χ0n) is 9.53. The van der Waals surface area contributed by atoms with Crippen molar-refractivity contribution in [3.05, 3.63) is 29.3 Å². The molecule has 0 amide bonds. The molecule has 0 bridgehead atoms. The van der Waals surface area contributed by atoms with Crippen molar-refractivity contribution >= 4 is 5.78 Å². The van der Waals surface area contributed by atoms with Crippen molar-refractivity contribution in [2.24, 2.45) is 5.92 Å². The van der Waals surface area contributed by atoms with Crippen LogP contribution in [0.1, 0.15) is 36.8 Å². The molecule has 1 aromatic rings. The molecule has 1 fully saturated rings. The van der Waals surface area contributed by atoms with Crippen LogP contribution in [0.25, 0.3) is 0 Å². The van der Waals surface area contributed by atoms with Gasteiger partial charge < -0.3 is 4.74 Å². The molecule has 2 aliphatic rings. The fraction of sp³-hybridized carbons (Fsp3) is 0.500. The smallest absolute Gasteiger partial charge is 0.136 e. The molecule has 2 heteroatoms. The monoisotopic (exact) mass is 216 g/mol. The Kier molecular flexibility index (Phi) is 2.23. The number of ether oxygens (including phenoxy) is 1. The third-order valence-electron chi connectivity index (χ3n) is 3.73. The van der Waals surface area contributed by atoms with Crippen LogP contribution in [0.15, 0.2) is 18.2 Å². The highest BCUT2D eigenvalue weighted by molar-refractivity contribution is 5.84. The van der Waals surface area contributed by atoms with Gasteiger partial charge in [-0.25, -0.2) is 0 Å². The van der Waals surface area contributed by atoms with Gasteiger partial charge in [0.1, 0.15) is 11.5 Å². The minimum atomic E-state index is 0.289. The van der Waals surface area contributed by atoms with E-state index in [1.807, 2.05) is 19.1 Å². The van der Waals surface area contributed by atoms with Crippen LogP contribution in [0.5, 0.6) is 5.75 Å². The highest BCUT2D eigenvalue weighted by Gasteiger charge is 2.44. The van der Waals surface area contributed by atoms with E-state index in [1.54, 1.807) is 0 Å². The minimum Gasteiger partial charge on any atom is -0.493 e. The molecule has 84 valence electrons. The van der Waals surface area contributed by atoms with Gasteiger partial charge >= 0.3 is 0 Å². The standard InChI is InChI=1S/C14H16O2/c1-2-13(15)12-8-11(12)9-4-3-5-14-10(9)6-7-16-14/h3-5,11-12H,2,6-8H2,1H3. The number of carbonyl (C=O) groups is 1. The van der Waals surface area contributed by atoms with Crippen LogP contribution in [0.3, 0.4) is 0 Å². The zero-order valence-corrected chi connectivity index (χ0v) is 9.53. The van der Waals surface area contributed by atoms with Crippen LogP contribution in [-0.4, -0.2) is 12.4 Å². The van der Waals surface area contributed by atoms with E-state index >= 15 is 0 Å². The SMILES string of the molecule is CCC(=O)C1CC1c1cccc2c1CCO2. The van der Waals surface area contributed by atoms with Gasteiger partial charge in [0.05, 0.1) is 6.61 Å². The second-order valence-electron chi connectivity index (χ2n) is 4.69. The topological polar surface area (TPSA) is 26.3 Å². The maximum absolute atomic E-state index is 11.6. The highest BCUT2D eigenvalue weighted by Crippen LogP contribution is 2.51. The molecule has 1 heterocycles. The van der Waals surface area contributed by atoms with E-state index < -0.39 is 0 Å². The summed E-state index contributed by atoms with van der Waals surface area (Å²) in [7, 11) is 0. The molecule has 1 aliphatic carbocycles. The Labute approximate surface area is 95.6 Å². The number of ketones is 1. The Morgan fingerprint density at radius 2 is 2.38 bits per heavy atom. The first-order chi connectivity index (χ1) is 7.81. The lowest BCUT2D eigenvalue weighted by Crippen LogP contribution is -2.00. The molecule has 1 saturated carbocycles. The summed E-state index contributed by atoms with van der Waals surface area (Å²) in [6.07, 6.45) is 2.73. The molecular weight excluding hydrogens is 200 g/mol. The van der Waals surface area contributed by atoms with Gasteiger partial charge in [-0.1, -0.05) is 19.1 Å². The lowest BCUT2D eigenvalue weighted by molar-refractivity contribution is -0.120. The summed E-state index contributed by atoms with van der Waals surface area (Å²) >= 11 is 0. The van der Waals surface area contributed by atoms with E-state index in [9.17, 15) is 4.79 Å². The molecule has 2 unspecified atom stereocenters. The molecule has 1 aromatic carbocycles. The third kappa shape index (κ3) is 1.44. The molecule has 3 rings (SSSR count). The molecule has 0 saturated heterocycles. The molecular formula is C14H16O2. The molecule has 2 nitrogen and oxygen atoms in total. The lowest BCUT2D eigenvalue weighted by atomic mass is 9.99. The van der Waals surface area contributed by atoms with Crippen LogP contribution in [0, 0.1) is 5.92 Å². The van der Waals surface area contributed by atoms with Crippen LogP contribution in [0.4, 0.5) is 0 Å². The second kappa shape index (κ2) is 3.62. The first-order valence-corrected chi connectivity index (χ1v) is 6.08. The van der Waals surface area contributed by atoms with E-state index in [0.29, 0.717) is 18.1 Å².